The highest BCUT2D eigenvalue weighted by Crippen LogP contribution is 2.44. The van der Waals surface area contributed by atoms with Crippen LogP contribution in [-0.2, 0) is 0 Å². The Balaban J connectivity index is 0.000000198. The minimum atomic E-state index is -1.04. The third-order valence-electron chi connectivity index (χ3n) is 8.76. The van der Waals surface area contributed by atoms with Crippen molar-refractivity contribution in [3.8, 4) is 34.1 Å². The van der Waals surface area contributed by atoms with Crippen molar-refractivity contribution >= 4 is 44.9 Å². The molecule has 1 aliphatic heterocycles. The van der Waals surface area contributed by atoms with Gasteiger partial charge >= 0.3 is 0 Å². The number of benzene rings is 3. The maximum absolute atomic E-state index is 14.5. The van der Waals surface area contributed by atoms with Crippen LogP contribution in [0.15, 0.2) is 41.1 Å². The van der Waals surface area contributed by atoms with Crippen LogP contribution in [0.1, 0.15) is 46.8 Å². The zero-order chi connectivity index (χ0) is 37.1. The number of hydrogen-bond donors (Lipinski definition) is 0. The predicted molar refractivity (Wildman–Crippen MR) is 191 cm³/mol. The lowest BCUT2D eigenvalue weighted by Gasteiger charge is -2.33. The van der Waals surface area contributed by atoms with Crippen LogP contribution in [0.5, 0.6) is 23.0 Å². The summed E-state index contributed by atoms with van der Waals surface area (Å²) < 4.78 is 66.2. The Morgan fingerprint density at radius 2 is 1.51 bits per heavy atom. The lowest BCUT2D eigenvalue weighted by molar-refractivity contribution is 0.103. The smallest absolute Gasteiger partial charge is 0.255 e. The second-order valence-electron chi connectivity index (χ2n) is 11.9. The Kier molecular flexibility index (Phi) is 11.7. The normalized spacial score (nSPS) is 13.1. The number of fused-ring (bicyclic) bond motifs is 1. The molecule has 51 heavy (non-hydrogen) atoms. The number of anilines is 1. The van der Waals surface area contributed by atoms with E-state index in [4.69, 9.17) is 30.5 Å². The first-order valence-electron chi connectivity index (χ1n) is 15.8. The lowest BCUT2D eigenvalue weighted by Crippen LogP contribution is -2.35. The van der Waals surface area contributed by atoms with E-state index in [1.807, 2.05) is 24.8 Å². The lowest BCUT2D eigenvalue weighted by atomic mass is 9.93. The largest absolute Gasteiger partial charge is 0.496 e. The van der Waals surface area contributed by atoms with Gasteiger partial charge in [-0.2, -0.15) is 19.6 Å². The van der Waals surface area contributed by atoms with Crippen molar-refractivity contribution in [1.82, 2.24) is 19.6 Å². The van der Waals surface area contributed by atoms with Crippen molar-refractivity contribution in [3.05, 3.63) is 86.0 Å². The van der Waals surface area contributed by atoms with E-state index in [0.29, 0.717) is 71.1 Å². The molecule has 0 radical (unpaired) electrons. The highest BCUT2D eigenvalue weighted by molar-refractivity contribution is 9.10. The third-order valence-corrected chi connectivity index (χ3v) is 9.89. The highest BCUT2D eigenvalue weighted by Gasteiger charge is 2.30. The van der Waals surface area contributed by atoms with Crippen LogP contribution < -0.4 is 23.8 Å². The molecule has 1 fully saturated rings. The van der Waals surface area contributed by atoms with Crippen LogP contribution in [0.2, 0.25) is 5.15 Å². The number of aromatic nitrogens is 4. The number of halogens is 5. The second kappa shape index (κ2) is 15.8. The van der Waals surface area contributed by atoms with Crippen molar-refractivity contribution in [3.63, 3.8) is 0 Å². The first-order valence-corrected chi connectivity index (χ1v) is 17.0. The quantitative estimate of drug-likeness (QED) is 0.113. The number of hydrogen-bond acceptors (Lipinski definition) is 9. The molecule has 0 amide bonds. The SMILES string of the molecule is CC1CCN(c2c(-c3c(F)cc(F)cc3F)c(Cl)nc3ncnn23)CC1.COc1cc(C)c(C(=O)c2c(OC)ccc(Br)c2C)c(OC)c1OC. The van der Waals surface area contributed by atoms with E-state index < -0.39 is 23.0 Å². The summed E-state index contributed by atoms with van der Waals surface area (Å²) in [6, 6.07) is 6.62. The number of methoxy groups -OCH3 is 4. The Morgan fingerprint density at radius 3 is 2.10 bits per heavy atom. The maximum atomic E-state index is 14.5. The van der Waals surface area contributed by atoms with Gasteiger partial charge in [-0.05, 0) is 61.9 Å². The van der Waals surface area contributed by atoms with E-state index in [-0.39, 0.29) is 22.3 Å². The standard InChI is InChI=1S/C19H21BrO5.C17H15ClF3N5/c1-10-9-14(23-4)18(24-5)19(25-6)15(10)17(21)16-11(2)12(20)7-8-13(16)22-3;1-9-2-4-25(5-3-9)16-14(13-11(20)6-10(19)7-12(13)21)15(18)24-17-22-8-23-26(16)17/h7-9H,1-6H3;6-9H,2-5H2,1H3. The first kappa shape index (κ1) is 37.7. The summed E-state index contributed by atoms with van der Waals surface area (Å²) in [5.41, 5.74) is 2.04. The van der Waals surface area contributed by atoms with E-state index >= 15 is 0 Å². The van der Waals surface area contributed by atoms with Crippen LogP contribution >= 0.6 is 27.5 Å². The molecule has 0 unspecified atom stereocenters. The van der Waals surface area contributed by atoms with Gasteiger partial charge in [0.1, 0.15) is 40.5 Å². The van der Waals surface area contributed by atoms with Gasteiger partial charge < -0.3 is 23.8 Å². The molecule has 270 valence electrons. The average Bonchev–Trinajstić information content (AvgIpc) is 3.57. The van der Waals surface area contributed by atoms with E-state index in [1.165, 1.54) is 32.2 Å². The Hall–Kier alpha value is -4.56. The summed E-state index contributed by atoms with van der Waals surface area (Å²) >= 11 is 9.76. The van der Waals surface area contributed by atoms with Crippen LogP contribution in [0, 0.1) is 37.2 Å². The zero-order valence-electron chi connectivity index (χ0n) is 29.0. The molecule has 0 aliphatic carbocycles. The molecule has 10 nitrogen and oxygen atoms in total. The number of carbonyl (C=O) groups is 1. The third kappa shape index (κ3) is 7.29. The molecule has 2 aromatic heterocycles. The van der Waals surface area contributed by atoms with Crippen molar-refractivity contribution in [2.45, 2.75) is 33.6 Å². The van der Waals surface area contributed by atoms with Gasteiger partial charge in [0.05, 0.1) is 50.7 Å². The molecular weight excluding hydrogens is 755 g/mol. The van der Waals surface area contributed by atoms with Gasteiger partial charge in [-0.3, -0.25) is 4.79 Å². The Bertz CT molecular complexity index is 2080. The number of aryl methyl sites for hydroxylation is 1. The minimum Gasteiger partial charge on any atom is -0.496 e. The van der Waals surface area contributed by atoms with Crippen molar-refractivity contribution < 1.29 is 36.9 Å². The molecule has 0 saturated carbocycles. The molecule has 5 aromatic rings. The molecule has 3 heterocycles. The van der Waals surface area contributed by atoms with Crippen molar-refractivity contribution in [1.29, 1.82) is 0 Å². The predicted octanol–water partition coefficient (Wildman–Crippen LogP) is 8.43. The first-order chi connectivity index (χ1) is 24.4. The monoisotopic (exact) mass is 789 g/mol. The highest BCUT2D eigenvalue weighted by atomic mass is 79.9. The van der Waals surface area contributed by atoms with Gasteiger partial charge in [0.25, 0.3) is 5.78 Å². The van der Waals surface area contributed by atoms with Gasteiger partial charge in [-0.15, -0.1) is 0 Å². The minimum absolute atomic E-state index is 0.0502. The fraction of sp³-hybridized carbons (Fsp3) is 0.333. The van der Waals surface area contributed by atoms with E-state index in [9.17, 15) is 18.0 Å². The summed E-state index contributed by atoms with van der Waals surface area (Å²) in [6.07, 6.45) is 3.14. The van der Waals surface area contributed by atoms with Crippen molar-refractivity contribution in [2.24, 2.45) is 5.92 Å². The van der Waals surface area contributed by atoms with Crippen LogP contribution in [-0.4, -0.2) is 66.9 Å². The van der Waals surface area contributed by atoms with Crippen LogP contribution in [0.3, 0.4) is 0 Å². The van der Waals surface area contributed by atoms with Gasteiger partial charge in [0, 0.05) is 29.7 Å². The van der Waals surface area contributed by atoms with Crippen LogP contribution in [0.4, 0.5) is 19.0 Å². The fourth-order valence-corrected chi connectivity index (χ4v) is 6.70. The van der Waals surface area contributed by atoms with Gasteiger partial charge in [-0.1, -0.05) is 34.5 Å². The van der Waals surface area contributed by atoms with Crippen LogP contribution in [0.25, 0.3) is 16.9 Å². The summed E-state index contributed by atoms with van der Waals surface area (Å²) in [7, 11) is 6.09. The number of carbonyl (C=O) groups excluding carboxylic acids is 1. The summed E-state index contributed by atoms with van der Waals surface area (Å²) in [5, 5.41) is 4.03. The molecule has 1 saturated heterocycles. The fourth-order valence-electron chi connectivity index (χ4n) is 6.11. The molecule has 3 aromatic carbocycles. The molecular formula is C36H36BrClF3N5O5. The summed E-state index contributed by atoms with van der Waals surface area (Å²) in [6.45, 7) is 7.20. The Labute approximate surface area is 306 Å². The Morgan fingerprint density at radius 1 is 0.882 bits per heavy atom. The zero-order valence-corrected chi connectivity index (χ0v) is 31.4. The molecule has 6 rings (SSSR count). The van der Waals surface area contributed by atoms with Crippen molar-refractivity contribution in [2.75, 3.05) is 46.4 Å². The summed E-state index contributed by atoms with van der Waals surface area (Å²) in [4.78, 5) is 23.5. The molecule has 1 aliphatic rings. The van der Waals surface area contributed by atoms with Gasteiger partial charge in [0.2, 0.25) is 11.5 Å². The van der Waals surface area contributed by atoms with Gasteiger partial charge in [-0.25, -0.2) is 13.2 Å². The molecule has 0 N–H and O–H groups in total. The average molecular weight is 791 g/mol. The molecule has 15 heteroatoms. The molecule has 0 bridgehead atoms. The number of ketones is 1. The number of rotatable bonds is 8. The number of piperidine rings is 1. The number of ether oxygens (including phenoxy) is 4. The summed E-state index contributed by atoms with van der Waals surface area (Å²) in [5.74, 6) is -0.366. The number of nitrogens with zero attached hydrogens (tertiary/aromatic N) is 5. The molecule has 0 atom stereocenters. The van der Waals surface area contributed by atoms with E-state index in [1.54, 1.807) is 19.2 Å². The molecule has 0 spiro atoms. The van der Waals surface area contributed by atoms with E-state index in [2.05, 4.69) is 37.9 Å². The van der Waals surface area contributed by atoms with E-state index in [0.717, 1.165) is 28.4 Å². The second-order valence-corrected chi connectivity index (χ2v) is 13.1. The van der Waals surface area contributed by atoms with Gasteiger partial charge in [0.15, 0.2) is 11.5 Å². The topological polar surface area (TPSA) is 100 Å². The maximum Gasteiger partial charge on any atom is 0.255 e.